The Morgan fingerprint density at radius 3 is 1.64 bits per heavy atom. The van der Waals surface area contributed by atoms with Gasteiger partial charge in [0.2, 0.25) is 20.0 Å². The quantitative estimate of drug-likeness (QED) is 0.0736. The number of ether oxygens (including phenoxy) is 2. The molecule has 0 heterocycles. The van der Waals surface area contributed by atoms with Crippen molar-refractivity contribution >= 4 is 69.8 Å². The molecule has 310 valence electrons. The molecule has 4 rings (SSSR count). The Morgan fingerprint density at radius 2 is 1.14 bits per heavy atom. The number of carbonyl (C=O) groups is 2. The number of benzene rings is 4. The van der Waals surface area contributed by atoms with Crippen molar-refractivity contribution in [3.8, 4) is 5.75 Å². The Labute approximate surface area is 330 Å². The van der Waals surface area contributed by atoms with Gasteiger partial charge in [-0.25, -0.2) is 25.4 Å². The molecule has 0 saturated heterocycles. The fourth-order valence-corrected chi connectivity index (χ4v) is 9.65. The molecule has 0 saturated carbocycles. The molecule has 0 unspecified atom stereocenters. The van der Waals surface area contributed by atoms with Gasteiger partial charge in [-0.1, -0.05) is 18.2 Å². The number of carbonyl (C=O) groups excluding carboxylic acids is 1. The number of carboxylic acids is 1. The summed E-state index contributed by atoms with van der Waals surface area (Å²) in [5.41, 5.74) is 0.783. The third-order valence-electron chi connectivity index (χ3n) is 9.92. The third-order valence-corrected chi connectivity index (χ3v) is 13.7. The Bertz CT molecular complexity index is 2110. The van der Waals surface area contributed by atoms with Crippen molar-refractivity contribution in [2.45, 2.75) is 42.4 Å². The van der Waals surface area contributed by atoms with Crippen molar-refractivity contribution in [3.63, 3.8) is 0 Å². The van der Waals surface area contributed by atoms with E-state index in [1.54, 1.807) is 25.2 Å². The molecule has 4 aromatic carbocycles. The predicted molar refractivity (Wildman–Crippen MR) is 219 cm³/mol. The van der Waals surface area contributed by atoms with Crippen molar-refractivity contribution in [2.24, 2.45) is 0 Å². The molecular weight excluding hydrogens is 763 g/mol. The molecule has 0 aromatic heterocycles. The number of nitrogens with zero attached hydrogens (tertiary/aromatic N) is 5. The maximum atomic E-state index is 14.6. The molecule has 0 aliphatic rings. The Balaban J connectivity index is 1.87. The Morgan fingerprint density at radius 1 is 0.643 bits per heavy atom. The number of aliphatic carboxylic acids is 1. The minimum absolute atomic E-state index is 0.0323. The fraction of sp³-hybridized carbons (Fsp3) is 0.538. The average molecular weight is 820 g/mol. The largest absolute Gasteiger partial charge is 0.490 e. The van der Waals surface area contributed by atoms with Crippen LogP contribution in [-0.2, 0) is 34.4 Å². The van der Waals surface area contributed by atoms with Crippen LogP contribution in [-0.4, -0.2) is 165 Å². The summed E-state index contributed by atoms with van der Waals surface area (Å²) in [4.78, 5) is 27.9. The second-order valence-electron chi connectivity index (χ2n) is 14.5. The van der Waals surface area contributed by atoms with Crippen molar-refractivity contribution in [1.29, 1.82) is 0 Å². The van der Waals surface area contributed by atoms with Crippen molar-refractivity contribution in [2.75, 3.05) is 113 Å². The number of anilines is 1. The topological polar surface area (TPSA) is 178 Å². The molecule has 0 aliphatic carbocycles. The first kappa shape index (κ1) is 45.0. The third kappa shape index (κ3) is 10.6. The molecule has 56 heavy (non-hydrogen) atoms. The number of rotatable bonds is 25. The van der Waals surface area contributed by atoms with E-state index in [1.807, 2.05) is 48.0 Å². The highest BCUT2D eigenvalue weighted by Gasteiger charge is 2.32. The van der Waals surface area contributed by atoms with Crippen molar-refractivity contribution in [3.05, 3.63) is 36.4 Å². The van der Waals surface area contributed by atoms with Gasteiger partial charge in [0, 0.05) is 105 Å². The van der Waals surface area contributed by atoms with Crippen LogP contribution in [0.1, 0.15) is 32.6 Å². The first-order valence-corrected chi connectivity index (χ1v) is 21.6. The highest BCUT2D eigenvalue weighted by atomic mass is 32.2. The summed E-state index contributed by atoms with van der Waals surface area (Å²) < 4.78 is 72.4. The normalized spacial score (nSPS) is 12.7. The van der Waals surface area contributed by atoms with Gasteiger partial charge in [0.05, 0.1) is 36.0 Å². The van der Waals surface area contributed by atoms with E-state index >= 15 is 0 Å². The van der Waals surface area contributed by atoms with E-state index in [2.05, 4.69) is 0 Å². The molecular formula is C39H57N5O10S2. The number of hydrogen-bond acceptors (Lipinski definition) is 12. The molecule has 15 nitrogen and oxygen atoms in total. The lowest BCUT2D eigenvalue weighted by molar-refractivity contribution is -0.137. The summed E-state index contributed by atoms with van der Waals surface area (Å²) >= 11 is 0. The van der Waals surface area contributed by atoms with Crippen LogP contribution in [0.15, 0.2) is 46.2 Å². The van der Waals surface area contributed by atoms with Gasteiger partial charge in [-0.2, -0.15) is 0 Å². The number of Topliss-reactive ketones (excluding diaryl/α,β-unsaturated/α-hetero) is 1. The van der Waals surface area contributed by atoms with Gasteiger partial charge in [0.25, 0.3) is 0 Å². The molecule has 0 amide bonds. The van der Waals surface area contributed by atoms with E-state index in [9.17, 15) is 26.4 Å². The summed E-state index contributed by atoms with van der Waals surface area (Å²) in [7, 11) is 1.84. The lowest BCUT2D eigenvalue weighted by atomic mass is 9.92. The van der Waals surface area contributed by atoms with Crippen LogP contribution in [0.5, 0.6) is 5.75 Å². The van der Waals surface area contributed by atoms with Crippen LogP contribution in [0.2, 0.25) is 0 Å². The van der Waals surface area contributed by atoms with Crippen LogP contribution in [0.4, 0.5) is 5.69 Å². The molecule has 0 radical (unpaired) electrons. The van der Waals surface area contributed by atoms with Crippen molar-refractivity contribution < 1.29 is 46.1 Å². The summed E-state index contributed by atoms with van der Waals surface area (Å²) in [6, 6.07) is 10.3. The minimum atomic E-state index is -4.27. The predicted octanol–water partition coefficient (Wildman–Crippen LogP) is 3.38. The molecule has 0 aliphatic heterocycles. The number of aliphatic hydroxyl groups excluding tert-OH is 1. The molecule has 0 atom stereocenters. The Hall–Kier alpha value is -3.68. The number of aliphatic hydroxyl groups is 1. The molecule has 0 fully saturated rings. The Kier molecular flexibility index (Phi) is 15.8. The minimum Gasteiger partial charge on any atom is -0.490 e. The van der Waals surface area contributed by atoms with Gasteiger partial charge in [-0.3, -0.25) is 9.59 Å². The van der Waals surface area contributed by atoms with Gasteiger partial charge in [-0.15, -0.1) is 0 Å². The molecule has 0 bridgehead atoms. The maximum Gasteiger partial charge on any atom is 0.304 e. The zero-order valence-corrected chi connectivity index (χ0v) is 35.2. The summed E-state index contributed by atoms with van der Waals surface area (Å²) in [5.74, 6) is -0.327. The number of ketones is 1. The second-order valence-corrected chi connectivity index (χ2v) is 18.5. The van der Waals surface area contributed by atoms with E-state index in [-0.39, 0.29) is 61.5 Å². The number of sulfonamides is 2. The van der Waals surface area contributed by atoms with E-state index in [0.717, 1.165) is 11.1 Å². The first-order chi connectivity index (χ1) is 26.4. The van der Waals surface area contributed by atoms with Gasteiger partial charge >= 0.3 is 5.97 Å². The SMILES string of the molecule is CC(=O)CCN(C)CCCN(C)S(=O)(=O)c1cc(S(=O)(=O)N(C)CCCN(C)CCC(=O)O)c2ccc3c(OCCOCCO)cc(N(C)C)c4ccc1c2c34. The number of hydrogen-bond donors (Lipinski definition) is 2. The number of carboxylic acid groups (broad SMARTS) is 1. The van der Waals surface area contributed by atoms with E-state index in [1.165, 1.54) is 35.7 Å². The summed E-state index contributed by atoms with van der Waals surface area (Å²) in [6.07, 6.45) is 1.27. The second kappa shape index (κ2) is 19.7. The van der Waals surface area contributed by atoms with Crippen LogP contribution in [0, 0.1) is 0 Å². The van der Waals surface area contributed by atoms with E-state index < -0.39 is 26.0 Å². The molecule has 0 spiro atoms. The lowest BCUT2D eigenvalue weighted by Gasteiger charge is -2.26. The van der Waals surface area contributed by atoms with E-state index in [4.69, 9.17) is 19.7 Å². The highest BCUT2D eigenvalue weighted by Crippen LogP contribution is 2.46. The zero-order chi connectivity index (χ0) is 41.4. The average Bonchev–Trinajstić information content (AvgIpc) is 3.14. The summed E-state index contributed by atoms with van der Waals surface area (Å²) in [6.45, 7) is 4.16. The summed E-state index contributed by atoms with van der Waals surface area (Å²) in [5, 5.41) is 21.5. The lowest BCUT2D eigenvalue weighted by Crippen LogP contribution is -2.32. The molecule has 17 heteroatoms. The monoisotopic (exact) mass is 819 g/mol. The molecule has 4 aromatic rings. The molecule has 2 N–H and O–H groups in total. The van der Waals surface area contributed by atoms with Gasteiger partial charge in [-0.05, 0) is 59.1 Å². The van der Waals surface area contributed by atoms with Gasteiger partial charge < -0.3 is 34.4 Å². The van der Waals surface area contributed by atoms with Crippen LogP contribution >= 0.6 is 0 Å². The maximum absolute atomic E-state index is 14.6. The zero-order valence-electron chi connectivity index (χ0n) is 33.6. The van der Waals surface area contributed by atoms with Crippen LogP contribution in [0.25, 0.3) is 32.3 Å². The first-order valence-electron chi connectivity index (χ1n) is 18.7. The highest BCUT2D eigenvalue weighted by molar-refractivity contribution is 7.90. The van der Waals surface area contributed by atoms with Gasteiger partial charge in [0.15, 0.2) is 0 Å². The van der Waals surface area contributed by atoms with E-state index in [0.29, 0.717) is 78.1 Å². The van der Waals surface area contributed by atoms with Crippen LogP contribution < -0.4 is 9.64 Å². The fourth-order valence-electron chi connectivity index (χ4n) is 6.73. The van der Waals surface area contributed by atoms with Crippen molar-refractivity contribution in [1.82, 2.24) is 18.4 Å². The standard InChI is InChI=1S/C39H57N5O10S2/c1-28(46)14-20-41(4)16-8-18-43(6)55(49,50)35-27-36(56(51,52)44(7)19-9-17-42(5)21-15-37(47)48)32-13-11-30-34(54-25-24-53-23-22-45)26-33(40(2)3)29-10-12-31(35)39(32)38(29)30/h10-13,26-27,45H,8-9,14-25H2,1-7H3,(H,47,48). The van der Waals surface area contributed by atoms with Gasteiger partial charge in [0.1, 0.15) is 18.1 Å². The smallest absolute Gasteiger partial charge is 0.304 e. The van der Waals surface area contributed by atoms with Crippen LogP contribution in [0.3, 0.4) is 0 Å².